The molecule has 0 aliphatic carbocycles. The Labute approximate surface area is 96.9 Å². The molecule has 0 amide bonds. The van der Waals surface area contributed by atoms with Crippen LogP contribution in [0.4, 0.5) is 0 Å². The van der Waals surface area contributed by atoms with Gasteiger partial charge in [0.1, 0.15) is 0 Å². The first-order valence-electron chi connectivity index (χ1n) is 4.72. The molecule has 1 rings (SSSR count). The summed E-state index contributed by atoms with van der Waals surface area (Å²) in [5.41, 5.74) is 1.09. The molecule has 0 spiro atoms. The van der Waals surface area contributed by atoms with Gasteiger partial charge in [-0.3, -0.25) is 4.79 Å². The highest BCUT2D eigenvalue weighted by atomic mass is 79.9. The minimum Gasteiger partial charge on any atom is -0.481 e. The van der Waals surface area contributed by atoms with Crippen LogP contribution in [0, 0.1) is 0 Å². The number of hydrogen-bond donors (Lipinski definition) is 2. The fourth-order valence-electron chi connectivity index (χ4n) is 1.33. The summed E-state index contributed by atoms with van der Waals surface area (Å²) < 4.78 is 0.993. The zero-order valence-electron chi connectivity index (χ0n) is 8.19. The Bertz CT molecular complexity index is 338. The van der Waals surface area contributed by atoms with Gasteiger partial charge in [0.2, 0.25) is 0 Å². The van der Waals surface area contributed by atoms with Crippen LogP contribution in [0.1, 0.15) is 18.4 Å². The van der Waals surface area contributed by atoms with Crippen molar-refractivity contribution in [3.63, 3.8) is 0 Å². The summed E-state index contributed by atoms with van der Waals surface area (Å²) in [5.74, 6) is -0.961. The van der Waals surface area contributed by atoms with E-state index in [0.717, 1.165) is 10.0 Å². The van der Waals surface area contributed by atoms with E-state index in [9.17, 15) is 9.90 Å². The van der Waals surface area contributed by atoms with Gasteiger partial charge in [-0.15, -0.1) is 0 Å². The molecule has 0 fully saturated rings. The molecule has 0 saturated carbocycles. The fraction of sp³-hybridized carbons (Fsp3) is 0.364. The molecule has 1 unspecified atom stereocenters. The van der Waals surface area contributed by atoms with E-state index in [1.807, 2.05) is 24.3 Å². The first-order chi connectivity index (χ1) is 7.08. The van der Waals surface area contributed by atoms with Gasteiger partial charge in [0.15, 0.2) is 0 Å². The van der Waals surface area contributed by atoms with Gasteiger partial charge < -0.3 is 10.2 Å². The van der Waals surface area contributed by atoms with Crippen molar-refractivity contribution in [3.05, 3.63) is 34.3 Å². The smallest absolute Gasteiger partial charge is 0.305 e. The predicted molar refractivity (Wildman–Crippen MR) is 60.7 cm³/mol. The zero-order valence-corrected chi connectivity index (χ0v) is 9.77. The van der Waals surface area contributed by atoms with Gasteiger partial charge in [-0.2, -0.15) is 0 Å². The summed E-state index contributed by atoms with van der Waals surface area (Å²) in [7, 11) is 0. The summed E-state index contributed by atoms with van der Waals surface area (Å²) in [5, 5.41) is 17.8. The van der Waals surface area contributed by atoms with Crippen LogP contribution in [0.2, 0.25) is 0 Å². The van der Waals surface area contributed by atoms with E-state index in [4.69, 9.17) is 5.11 Å². The maximum Gasteiger partial charge on any atom is 0.305 e. The third kappa shape index (κ3) is 4.95. The summed E-state index contributed by atoms with van der Waals surface area (Å²) in [6, 6.07) is 7.77. The second kappa shape index (κ2) is 5.88. The highest BCUT2D eigenvalue weighted by Crippen LogP contribution is 2.14. The Hall–Kier alpha value is -0.870. The van der Waals surface area contributed by atoms with Gasteiger partial charge in [-0.25, -0.2) is 0 Å². The lowest BCUT2D eigenvalue weighted by molar-refractivity contribution is -0.139. The Morgan fingerprint density at radius 2 is 2.20 bits per heavy atom. The number of aliphatic hydroxyl groups excluding tert-OH is 1. The number of hydrogen-bond acceptors (Lipinski definition) is 2. The van der Waals surface area contributed by atoms with Crippen molar-refractivity contribution >= 4 is 21.9 Å². The highest BCUT2D eigenvalue weighted by molar-refractivity contribution is 9.10. The number of halogens is 1. The van der Waals surface area contributed by atoms with Crippen LogP contribution < -0.4 is 0 Å². The molecule has 0 aliphatic rings. The first kappa shape index (κ1) is 12.2. The lowest BCUT2D eigenvalue weighted by atomic mass is 10.1. The summed E-state index contributed by atoms with van der Waals surface area (Å²) >= 11 is 3.35. The van der Waals surface area contributed by atoms with Gasteiger partial charge in [0.25, 0.3) is 0 Å². The molecule has 15 heavy (non-hydrogen) atoms. The molecular weight excluding hydrogens is 260 g/mol. The zero-order chi connectivity index (χ0) is 11.3. The highest BCUT2D eigenvalue weighted by Gasteiger charge is 2.09. The number of benzene rings is 1. The number of rotatable bonds is 5. The molecule has 0 saturated heterocycles. The SMILES string of the molecule is O=C(O)CC(O)CCc1cccc(Br)c1. The third-order valence-electron chi connectivity index (χ3n) is 2.07. The lowest BCUT2D eigenvalue weighted by Gasteiger charge is -2.07. The van der Waals surface area contributed by atoms with Crippen molar-refractivity contribution in [1.29, 1.82) is 0 Å². The second-order valence-electron chi connectivity index (χ2n) is 3.42. The lowest BCUT2D eigenvalue weighted by Crippen LogP contribution is -2.13. The molecule has 0 aromatic heterocycles. The first-order valence-corrected chi connectivity index (χ1v) is 5.51. The summed E-state index contributed by atoms with van der Waals surface area (Å²) in [6.07, 6.45) is 0.214. The van der Waals surface area contributed by atoms with Crippen LogP contribution in [0.15, 0.2) is 28.7 Å². The van der Waals surface area contributed by atoms with E-state index < -0.39 is 12.1 Å². The van der Waals surface area contributed by atoms with Crippen LogP contribution in [-0.2, 0) is 11.2 Å². The van der Waals surface area contributed by atoms with E-state index in [2.05, 4.69) is 15.9 Å². The largest absolute Gasteiger partial charge is 0.481 e. The van der Waals surface area contributed by atoms with Crippen molar-refractivity contribution in [2.24, 2.45) is 0 Å². The number of carboxylic acids is 1. The Balaban J connectivity index is 2.40. The third-order valence-corrected chi connectivity index (χ3v) is 2.56. The molecule has 1 aromatic rings. The van der Waals surface area contributed by atoms with E-state index in [0.29, 0.717) is 12.8 Å². The van der Waals surface area contributed by atoms with Gasteiger partial charge in [-0.05, 0) is 30.5 Å². The number of aliphatic carboxylic acids is 1. The number of carbonyl (C=O) groups is 1. The van der Waals surface area contributed by atoms with Crippen molar-refractivity contribution in [2.75, 3.05) is 0 Å². The normalized spacial score (nSPS) is 12.4. The van der Waals surface area contributed by atoms with Crippen LogP contribution in [0.3, 0.4) is 0 Å². The molecule has 0 bridgehead atoms. The second-order valence-corrected chi connectivity index (χ2v) is 4.34. The van der Waals surface area contributed by atoms with Crippen molar-refractivity contribution in [3.8, 4) is 0 Å². The van der Waals surface area contributed by atoms with E-state index >= 15 is 0 Å². The molecule has 0 aliphatic heterocycles. The molecule has 4 heteroatoms. The summed E-state index contributed by atoms with van der Waals surface area (Å²) in [6.45, 7) is 0. The number of aryl methyl sites for hydroxylation is 1. The minimum atomic E-state index is -0.961. The molecule has 0 radical (unpaired) electrons. The molecule has 1 atom stereocenters. The van der Waals surface area contributed by atoms with E-state index in [1.54, 1.807) is 0 Å². The van der Waals surface area contributed by atoms with Gasteiger partial charge in [0, 0.05) is 4.47 Å². The quantitative estimate of drug-likeness (QED) is 0.864. The standard InChI is InChI=1S/C11H13BrO3/c12-9-3-1-2-8(6-9)4-5-10(13)7-11(14)15/h1-3,6,10,13H,4-5,7H2,(H,14,15). The number of aliphatic hydroxyl groups is 1. The monoisotopic (exact) mass is 272 g/mol. The molecule has 3 nitrogen and oxygen atoms in total. The van der Waals surface area contributed by atoms with Gasteiger partial charge in [0.05, 0.1) is 12.5 Å². The van der Waals surface area contributed by atoms with Crippen molar-refractivity contribution in [2.45, 2.75) is 25.4 Å². The van der Waals surface area contributed by atoms with Crippen LogP contribution >= 0.6 is 15.9 Å². The van der Waals surface area contributed by atoms with Gasteiger partial charge in [-0.1, -0.05) is 28.1 Å². The Morgan fingerprint density at radius 3 is 2.80 bits per heavy atom. The molecule has 0 heterocycles. The van der Waals surface area contributed by atoms with E-state index in [-0.39, 0.29) is 6.42 Å². The minimum absolute atomic E-state index is 0.187. The average molecular weight is 273 g/mol. The van der Waals surface area contributed by atoms with E-state index in [1.165, 1.54) is 0 Å². The maximum atomic E-state index is 10.3. The average Bonchev–Trinajstić information content (AvgIpc) is 2.14. The molecule has 82 valence electrons. The predicted octanol–water partition coefficient (Wildman–Crippen LogP) is 2.22. The molecule has 2 N–H and O–H groups in total. The van der Waals surface area contributed by atoms with Crippen molar-refractivity contribution < 1.29 is 15.0 Å². The van der Waals surface area contributed by atoms with Gasteiger partial charge >= 0.3 is 5.97 Å². The topological polar surface area (TPSA) is 57.5 Å². The number of carboxylic acid groups (broad SMARTS) is 1. The van der Waals surface area contributed by atoms with Crippen LogP contribution in [-0.4, -0.2) is 22.3 Å². The fourth-order valence-corrected chi connectivity index (χ4v) is 1.78. The summed E-state index contributed by atoms with van der Waals surface area (Å²) in [4.78, 5) is 10.3. The molecular formula is C11H13BrO3. The van der Waals surface area contributed by atoms with Crippen LogP contribution in [0.25, 0.3) is 0 Å². The maximum absolute atomic E-state index is 10.3. The van der Waals surface area contributed by atoms with Crippen molar-refractivity contribution in [1.82, 2.24) is 0 Å². The van der Waals surface area contributed by atoms with Crippen LogP contribution in [0.5, 0.6) is 0 Å². The Morgan fingerprint density at radius 1 is 1.47 bits per heavy atom. The Kier molecular flexibility index (Phi) is 4.78. The molecule has 1 aromatic carbocycles.